The van der Waals surface area contributed by atoms with E-state index in [1.807, 2.05) is 18.2 Å². The lowest BCUT2D eigenvalue weighted by molar-refractivity contribution is 0.593. The van der Waals surface area contributed by atoms with Crippen LogP contribution in [0.4, 0.5) is 0 Å². The first kappa shape index (κ1) is 13.3. The van der Waals surface area contributed by atoms with Crippen LogP contribution in [0.1, 0.15) is 0 Å². The Kier molecular flexibility index (Phi) is 3.31. The van der Waals surface area contributed by atoms with Gasteiger partial charge in [0.25, 0.3) is 0 Å². The zero-order valence-corrected chi connectivity index (χ0v) is 12.7. The number of halogens is 1. The molecule has 3 nitrogen and oxygen atoms in total. The van der Waals surface area contributed by atoms with Gasteiger partial charge in [0.1, 0.15) is 0 Å². The van der Waals surface area contributed by atoms with Crippen LogP contribution in [-0.4, -0.2) is 13.4 Å². The van der Waals surface area contributed by atoms with Gasteiger partial charge in [-0.3, -0.25) is 0 Å². The van der Waals surface area contributed by atoms with Gasteiger partial charge in [0.2, 0.25) is 9.84 Å². The molecule has 0 bridgehead atoms. The summed E-state index contributed by atoms with van der Waals surface area (Å²) in [4.78, 5) is 4.49. The summed E-state index contributed by atoms with van der Waals surface area (Å²) in [5.41, 5.74) is 0.672. The second-order valence-corrected chi connectivity index (χ2v) is 7.11. The molecule has 3 rings (SSSR count). The molecule has 0 N–H and O–H groups in total. The molecule has 100 valence electrons. The fourth-order valence-corrected chi connectivity index (χ4v) is 3.40. The fraction of sp³-hybridized carbons (Fsp3) is 0. The minimum Gasteiger partial charge on any atom is -0.236 e. The maximum Gasteiger partial charge on any atom is 0.223 e. The van der Waals surface area contributed by atoms with Crippen molar-refractivity contribution < 1.29 is 8.42 Å². The summed E-state index contributed by atoms with van der Waals surface area (Å²) in [6.07, 6.45) is 0. The van der Waals surface area contributed by atoms with Gasteiger partial charge in [-0.1, -0.05) is 34.1 Å². The molecule has 20 heavy (non-hydrogen) atoms. The zero-order valence-electron chi connectivity index (χ0n) is 10.3. The van der Waals surface area contributed by atoms with Crippen LogP contribution < -0.4 is 0 Å². The van der Waals surface area contributed by atoms with Gasteiger partial charge in [-0.25, -0.2) is 13.4 Å². The van der Waals surface area contributed by atoms with Crippen LogP contribution in [0, 0.1) is 0 Å². The van der Waals surface area contributed by atoms with Crippen molar-refractivity contribution in [3.05, 3.63) is 65.1 Å². The van der Waals surface area contributed by atoms with E-state index < -0.39 is 9.84 Å². The van der Waals surface area contributed by atoms with Crippen molar-refractivity contribution in [2.45, 2.75) is 9.92 Å². The summed E-state index contributed by atoms with van der Waals surface area (Å²) in [7, 11) is -3.58. The van der Waals surface area contributed by atoms with E-state index in [1.54, 1.807) is 42.5 Å². The van der Waals surface area contributed by atoms with Crippen molar-refractivity contribution in [2.75, 3.05) is 0 Å². The topological polar surface area (TPSA) is 47.0 Å². The first-order valence-corrected chi connectivity index (χ1v) is 8.21. The second-order valence-electron chi connectivity index (χ2n) is 4.30. The van der Waals surface area contributed by atoms with E-state index in [4.69, 9.17) is 0 Å². The monoisotopic (exact) mass is 347 g/mol. The Bertz CT molecular complexity index is 874. The Morgan fingerprint density at radius 2 is 1.55 bits per heavy atom. The van der Waals surface area contributed by atoms with Crippen molar-refractivity contribution in [3.8, 4) is 0 Å². The number of sulfone groups is 1. The first-order chi connectivity index (χ1) is 9.57. The van der Waals surface area contributed by atoms with Crippen LogP contribution in [0.5, 0.6) is 0 Å². The van der Waals surface area contributed by atoms with Gasteiger partial charge in [0.05, 0.1) is 10.4 Å². The number of hydrogen-bond acceptors (Lipinski definition) is 3. The van der Waals surface area contributed by atoms with E-state index in [9.17, 15) is 8.42 Å². The highest BCUT2D eigenvalue weighted by Crippen LogP contribution is 2.23. The van der Waals surface area contributed by atoms with Gasteiger partial charge < -0.3 is 0 Å². The van der Waals surface area contributed by atoms with Gasteiger partial charge >= 0.3 is 0 Å². The lowest BCUT2D eigenvalue weighted by atomic mass is 10.2. The number of fused-ring (bicyclic) bond motifs is 1. The van der Waals surface area contributed by atoms with Gasteiger partial charge in [-0.15, -0.1) is 0 Å². The van der Waals surface area contributed by atoms with Gasteiger partial charge in [-0.2, -0.15) is 0 Å². The smallest absolute Gasteiger partial charge is 0.223 e. The number of nitrogens with zero attached hydrogens (tertiary/aromatic N) is 1. The highest BCUT2D eigenvalue weighted by molar-refractivity contribution is 9.10. The number of rotatable bonds is 2. The maximum atomic E-state index is 12.5. The Hall–Kier alpha value is -1.72. The van der Waals surface area contributed by atoms with E-state index in [1.165, 1.54) is 0 Å². The zero-order chi connectivity index (χ0) is 14.2. The lowest BCUT2D eigenvalue weighted by Gasteiger charge is -2.05. The van der Waals surface area contributed by atoms with E-state index in [2.05, 4.69) is 20.9 Å². The Morgan fingerprint density at radius 1 is 0.850 bits per heavy atom. The molecule has 0 unspecified atom stereocenters. The minimum atomic E-state index is -3.58. The van der Waals surface area contributed by atoms with Crippen LogP contribution in [-0.2, 0) is 9.84 Å². The highest BCUT2D eigenvalue weighted by Gasteiger charge is 2.19. The normalized spacial score (nSPS) is 11.7. The number of benzene rings is 2. The quantitative estimate of drug-likeness (QED) is 0.707. The molecule has 1 aromatic heterocycles. The molecule has 2 aromatic carbocycles. The third-order valence-corrected chi connectivity index (χ3v) is 5.17. The molecule has 0 atom stereocenters. The molecule has 3 aromatic rings. The number of aromatic nitrogens is 1. The highest BCUT2D eigenvalue weighted by atomic mass is 79.9. The number of para-hydroxylation sites is 1. The summed E-state index contributed by atoms with van der Waals surface area (Å²) in [6.45, 7) is 0. The van der Waals surface area contributed by atoms with Crippen molar-refractivity contribution in [1.82, 2.24) is 4.98 Å². The summed E-state index contributed by atoms with van der Waals surface area (Å²) >= 11 is 3.29. The average Bonchev–Trinajstić information content (AvgIpc) is 2.47. The molecule has 0 saturated carbocycles. The van der Waals surface area contributed by atoms with E-state index >= 15 is 0 Å². The molecule has 0 aliphatic heterocycles. The standard InChI is InChI=1S/C15H10BrNO2S/c16-12-6-8-13(9-7-12)20(18,19)15-10-5-11-3-1-2-4-14(11)17-15/h1-10H. The van der Waals surface area contributed by atoms with E-state index in [-0.39, 0.29) is 9.92 Å². The molecule has 5 heteroatoms. The molecular formula is C15H10BrNO2S. The van der Waals surface area contributed by atoms with E-state index in [0.29, 0.717) is 5.52 Å². The first-order valence-electron chi connectivity index (χ1n) is 5.94. The third kappa shape index (κ3) is 2.34. The summed E-state index contributed by atoms with van der Waals surface area (Å²) in [5.74, 6) is 0. The van der Waals surface area contributed by atoms with Crippen molar-refractivity contribution in [1.29, 1.82) is 0 Å². The largest absolute Gasteiger partial charge is 0.236 e. The predicted molar refractivity (Wildman–Crippen MR) is 81.3 cm³/mol. The summed E-state index contributed by atoms with van der Waals surface area (Å²) in [6, 6.07) is 17.3. The molecule has 0 radical (unpaired) electrons. The molecule has 0 fully saturated rings. The van der Waals surface area contributed by atoms with Crippen LogP contribution in [0.2, 0.25) is 0 Å². The van der Waals surface area contributed by atoms with Crippen LogP contribution in [0.15, 0.2) is 75.1 Å². The molecule has 0 spiro atoms. The molecule has 0 amide bonds. The second kappa shape index (κ2) is 5.00. The van der Waals surface area contributed by atoms with Crippen LogP contribution in [0.25, 0.3) is 10.9 Å². The summed E-state index contributed by atoms with van der Waals surface area (Å²) in [5, 5.41) is 0.987. The average molecular weight is 348 g/mol. The predicted octanol–water partition coefficient (Wildman–Crippen LogP) is 3.83. The molecular weight excluding hydrogens is 338 g/mol. The molecule has 0 saturated heterocycles. The van der Waals surface area contributed by atoms with Crippen molar-refractivity contribution >= 4 is 36.7 Å². The minimum absolute atomic E-state index is 0.0681. The Morgan fingerprint density at radius 3 is 2.30 bits per heavy atom. The Balaban J connectivity index is 2.15. The third-order valence-electron chi connectivity index (χ3n) is 2.97. The maximum absolute atomic E-state index is 12.5. The Labute approximate surface area is 125 Å². The SMILES string of the molecule is O=S(=O)(c1ccc(Br)cc1)c1ccc2ccccc2n1. The van der Waals surface area contributed by atoms with E-state index in [0.717, 1.165) is 9.86 Å². The van der Waals surface area contributed by atoms with Crippen molar-refractivity contribution in [2.24, 2.45) is 0 Å². The summed E-state index contributed by atoms with van der Waals surface area (Å²) < 4.78 is 25.9. The van der Waals surface area contributed by atoms with Gasteiger partial charge in [0, 0.05) is 9.86 Å². The fourth-order valence-electron chi connectivity index (χ4n) is 1.93. The molecule has 1 heterocycles. The molecule has 0 aliphatic rings. The number of hydrogen-bond donors (Lipinski definition) is 0. The van der Waals surface area contributed by atoms with Gasteiger partial charge in [0.15, 0.2) is 5.03 Å². The lowest BCUT2D eigenvalue weighted by Crippen LogP contribution is -2.04. The number of pyridine rings is 1. The van der Waals surface area contributed by atoms with Crippen molar-refractivity contribution in [3.63, 3.8) is 0 Å². The van der Waals surface area contributed by atoms with Gasteiger partial charge in [-0.05, 0) is 42.5 Å². The van der Waals surface area contributed by atoms with Crippen LogP contribution >= 0.6 is 15.9 Å². The van der Waals surface area contributed by atoms with Crippen LogP contribution in [0.3, 0.4) is 0 Å². The molecule has 0 aliphatic carbocycles.